The van der Waals surface area contributed by atoms with Crippen molar-refractivity contribution in [1.82, 2.24) is 5.32 Å². The summed E-state index contributed by atoms with van der Waals surface area (Å²) >= 11 is 15.5. The second kappa shape index (κ2) is 7.13. The van der Waals surface area contributed by atoms with Gasteiger partial charge in [0.25, 0.3) is 11.8 Å². The quantitative estimate of drug-likeness (QED) is 0.728. The van der Waals surface area contributed by atoms with Crippen molar-refractivity contribution in [1.29, 1.82) is 0 Å². The lowest BCUT2D eigenvalue weighted by molar-refractivity contribution is 0.0950. The summed E-state index contributed by atoms with van der Waals surface area (Å²) in [6.45, 7) is 0. The Morgan fingerprint density at radius 3 is 2.21 bits per heavy atom. The van der Waals surface area contributed by atoms with E-state index in [2.05, 4.69) is 26.6 Å². The van der Waals surface area contributed by atoms with Gasteiger partial charge in [-0.1, -0.05) is 39.1 Å². The zero-order valence-corrected chi connectivity index (χ0v) is 15.5. The first kappa shape index (κ1) is 17.3. The Labute approximate surface area is 157 Å². The highest BCUT2D eigenvalue weighted by atomic mass is 79.9. The fourth-order valence-corrected chi connectivity index (χ4v) is 3.17. The zero-order chi connectivity index (χ0) is 17.3. The van der Waals surface area contributed by atoms with Gasteiger partial charge in [0.1, 0.15) is 0 Å². The lowest BCUT2D eigenvalue weighted by Gasteiger charge is -2.10. The number of hydrogen-bond acceptors (Lipinski definition) is 2. The molecule has 2 amide bonds. The minimum absolute atomic E-state index is 0.198. The molecular formula is C17H13BrCl2N2O2. The predicted octanol–water partition coefficient (Wildman–Crippen LogP) is 4.90. The maximum Gasteiger partial charge on any atom is 0.257 e. The highest BCUT2D eigenvalue weighted by Gasteiger charge is 2.24. The first-order chi connectivity index (χ1) is 11.4. The van der Waals surface area contributed by atoms with E-state index in [1.54, 1.807) is 36.4 Å². The standard InChI is InChI=1S/C17H13BrCl2N2O2/c18-9-1-5-12(14(19)7-9)17(24)22-11-4-6-13(15(20)8-11)16(23)21-10-2-3-10/h1,4-8,10H,2-3H2,(H,21,23)(H,22,24). The van der Waals surface area contributed by atoms with Gasteiger partial charge in [-0.25, -0.2) is 0 Å². The zero-order valence-electron chi connectivity index (χ0n) is 12.4. The van der Waals surface area contributed by atoms with Crippen LogP contribution in [0.1, 0.15) is 33.6 Å². The summed E-state index contributed by atoms with van der Waals surface area (Å²) in [4.78, 5) is 24.3. The van der Waals surface area contributed by atoms with Crippen LogP contribution in [0.25, 0.3) is 0 Å². The summed E-state index contributed by atoms with van der Waals surface area (Å²) in [6.07, 6.45) is 2.01. The highest BCUT2D eigenvalue weighted by Crippen LogP contribution is 2.26. The van der Waals surface area contributed by atoms with Crippen molar-refractivity contribution >= 4 is 56.6 Å². The highest BCUT2D eigenvalue weighted by molar-refractivity contribution is 9.10. The molecule has 1 fully saturated rings. The van der Waals surface area contributed by atoms with Crippen LogP contribution in [0.15, 0.2) is 40.9 Å². The summed E-state index contributed by atoms with van der Waals surface area (Å²) in [5.74, 6) is -0.546. The van der Waals surface area contributed by atoms with E-state index >= 15 is 0 Å². The first-order valence-corrected chi connectivity index (χ1v) is 8.86. The molecule has 0 unspecified atom stereocenters. The van der Waals surface area contributed by atoms with E-state index in [0.29, 0.717) is 21.8 Å². The van der Waals surface area contributed by atoms with Gasteiger partial charge in [-0.2, -0.15) is 0 Å². The summed E-state index contributed by atoms with van der Waals surface area (Å²) < 4.78 is 0.790. The molecule has 2 aromatic rings. The fourth-order valence-electron chi connectivity index (χ4n) is 2.14. The van der Waals surface area contributed by atoms with Gasteiger partial charge in [-0.05, 0) is 49.2 Å². The van der Waals surface area contributed by atoms with Crippen molar-refractivity contribution in [2.24, 2.45) is 0 Å². The topological polar surface area (TPSA) is 58.2 Å². The first-order valence-electron chi connectivity index (χ1n) is 7.31. The largest absolute Gasteiger partial charge is 0.349 e. The molecule has 0 radical (unpaired) electrons. The van der Waals surface area contributed by atoms with E-state index in [1.165, 1.54) is 0 Å². The van der Waals surface area contributed by atoms with E-state index in [-0.39, 0.29) is 22.9 Å². The van der Waals surface area contributed by atoms with Crippen LogP contribution < -0.4 is 10.6 Å². The predicted molar refractivity (Wildman–Crippen MR) is 99.0 cm³/mol. The molecule has 2 N–H and O–H groups in total. The molecule has 1 aliphatic rings. The molecule has 24 heavy (non-hydrogen) atoms. The van der Waals surface area contributed by atoms with E-state index in [1.807, 2.05) is 0 Å². The van der Waals surface area contributed by atoms with Gasteiger partial charge >= 0.3 is 0 Å². The van der Waals surface area contributed by atoms with Crippen molar-refractivity contribution < 1.29 is 9.59 Å². The third-order valence-electron chi connectivity index (χ3n) is 3.56. The third kappa shape index (κ3) is 4.09. The molecule has 124 valence electrons. The van der Waals surface area contributed by atoms with E-state index < -0.39 is 0 Å². The van der Waals surface area contributed by atoms with Crippen molar-refractivity contribution in [3.63, 3.8) is 0 Å². The second-order valence-electron chi connectivity index (χ2n) is 5.52. The van der Waals surface area contributed by atoms with Crippen molar-refractivity contribution in [2.75, 3.05) is 5.32 Å². The number of rotatable bonds is 4. The molecule has 0 aliphatic heterocycles. The number of carbonyl (C=O) groups is 2. The minimum Gasteiger partial charge on any atom is -0.349 e. The number of amides is 2. The van der Waals surface area contributed by atoms with Crippen LogP contribution in [0.4, 0.5) is 5.69 Å². The van der Waals surface area contributed by atoms with Gasteiger partial charge in [0.15, 0.2) is 0 Å². The number of anilines is 1. The van der Waals surface area contributed by atoms with Crippen LogP contribution >= 0.6 is 39.1 Å². The maximum absolute atomic E-state index is 12.3. The molecule has 0 bridgehead atoms. The Morgan fingerprint density at radius 2 is 1.58 bits per heavy atom. The Balaban J connectivity index is 1.74. The van der Waals surface area contributed by atoms with Gasteiger partial charge in [0, 0.05) is 16.2 Å². The lowest BCUT2D eigenvalue weighted by Crippen LogP contribution is -2.25. The Morgan fingerprint density at radius 1 is 0.958 bits per heavy atom. The van der Waals surface area contributed by atoms with Crippen LogP contribution in [0.5, 0.6) is 0 Å². The Kier molecular flexibility index (Phi) is 5.13. The Hall–Kier alpha value is -1.56. The summed E-state index contributed by atoms with van der Waals surface area (Å²) in [5, 5.41) is 6.23. The lowest BCUT2D eigenvalue weighted by atomic mass is 10.1. The smallest absolute Gasteiger partial charge is 0.257 e. The van der Waals surface area contributed by atoms with Crippen LogP contribution in [-0.4, -0.2) is 17.9 Å². The van der Waals surface area contributed by atoms with Gasteiger partial charge in [-0.3, -0.25) is 9.59 Å². The molecule has 1 saturated carbocycles. The molecule has 3 rings (SSSR count). The average Bonchev–Trinajstić information content (AvgIpc) is 3.30. The summed E-state index contributed by atoms with van der Waals surface area (Å²) in [6, 6.07) is 10.0. The van der Waals surface area contributed by atoms with Gasteiger partial charge in [-0.15, -0.1) is 0 Å². The van der Waals surface area contributed by atoms with E-state index in [9.17, 15) is 9.59 Å². The average molecular weight is 428 g/mol. The fraction of sp³-hybridized carbons (Fsp3) is 0.176. The number of carbonyl (C=O) groups excluding carboxylic acids is 2. The van der Waals surface area contributed by atoms with E-state index in [0.717, 1.165) is 17.3 Å². The number of nitrogens with one attached hydrogen (secondary N) is 2. The molecule has 0 aromatic heterocycles. The van der Waals surface area contributed by atoms with Crippen molar-refractivity contribution in [2.45, 2.75) is 18.9 Å². The molecule has 0 saturated heterocycles. The molecule has 2 aromatic carbocycles. The molecule has 0 atom stereocenters. The maximum atomic E-state index is 12.3. The second-order valence-corrected chi connectivity index (χ2v) is 7.25. The normalized spacial score (nSPS) is 13.5. The SMILES string of the molecule is O=C(Nc1ccc(C(=O)NC2CC2)c(Cl)c1)c1ccc(Br)cc1Cl. The van der Waals surface area contributed by atoms with E-state index in [4.69, 9.17) is 23.2 Å². The molecule has 7 heteroatoms. The van der Waals surface area contributed by atoms with Gasteiger partial charge < -0.3 is 10.6 Å². The monoisotopic (exact) mass is 426 g/mol. The van der Waals surface area contributed by atoms with Gasteiger partial charge in [0.2, 0.25) is 0 Å². The minimum atomic E-state index is -0.348. The third-order valence-corrected chi connectivity index (χ3v) is 4.68. The van der Waals surface area contributed by atoms with Crippen LogP contribution in [0, 0.1) is 0 Å². The van der Waals surface area contributed by atoms with Crippen LogP contribution in [-0.2, 0) is 0 Å². The van der Waals surface area contributed by atoms with Crippen LogP contribution in [0.2, 0.25) is 10.0 Å². The molecule has 0 heterocycles. The molecular weight excluding hydrogens is 415 g/mol. The molecule has 4 nitrogen and oxygen atoms in total. The van der Waals surface area contributed by atoms with Gasteiger partial charge in [0.05, 0.1) is 21.2 Å². The van der Waals surface area contributed by atoms with Crippen molar-refractivity contribution in [3.8, 4) is 0 Å². The number of halogens is 3. The van der Waals surface area contributed by atoms with Crippen molar-refractivity contribution in [3.05, 3.63) is 62.0 Å². The summed E-state index contributed by atoms with van der Waals surface area (Å²) in [7, 11) is 0. The number of hydrogen-bond donors (Lipinski definition) is 2. The molecule has 1 aliphatic carbocycles. The molecule has 0 spiro atoms. The Bertz CT molecular complexity index is 822. The number of benzene rings is 2. The van der Waals surface area contributed by atoms with Crippen LogP contribution in [0.3, 0.4) is 0 Å². The summed E-state index contributed by atoms with van der Waals surface area (Å²) in [5.41, 5.74) is 1.24.